The van der Waals surface area contributed by atoms with E-state index in [0.717, 1.165) is 34.5 Å². The van der Waals surface area contributed by atoms with Gasteiger partial charge in [-0.2, -0.15) is 0 Å². The SMILES string of the molecule is Cc1cccc(C(C)C)c1NC(=O)c1cncc(C(=O)N2CCc3ccccc32)c1. The van der Waals surface area contributed by atoms with Crippen LogP contribution in [-0.2, 0) is 6.42 Å². The molecular formula is C25H25N3O2. The van der Waals surface area contributed by atoms with Crippen molar-refractivity contribution in [3.8, 4) is 0 Å². The summed E-state index contributed by atoms with van der Waals surface area (Å²) in [4.78, 5) is 32.0. The Bertz CT molecular complexity index is 1120. The van der Waals surface area contributed by atoms with E-state index in [1.165, 1.54) is 12.4 Å². The summed E-state index contributed by atoms with van der Waals surface area (Å²) < 4.78 is 0. The molecule has 0 saturated heterocycles. The summed E-state index contributed by atoms with van der Waals surface area (Å²) in [7, 11) is 0. The maximum atomic E-state index is 13.1. The highest BCUT2D eigenvalue weighted by atomic mass is 16.2. The lowest BCUT2D eigenvalue weighted by Gasteiger charge is -2.18. The number of carbonyl (C=O) groups is 2. The first-order valence-corrected chi connectivity index (χ1v) is 10.2. The van der Waals surface area contributed by atoms with E-state index < -0.39 is 0 Å². The average molecular weight is 399 g/mol. The Kier molecular flexibility index (Phi) is 5.36. The normalized spacial score (nSPS) is 12.7. The van der Waals surface area contributed by atoms with Crippen LogP contribution >= 0.6 is 0 Å². The van der Waals surface area contributed by atoms with Crippen molar-refractivity contribution in [2.24, 2.45) is 0 Å². The lowest BCUT2D eigenvalue weighted by atomic mass is 9.98. The third kappa shape index (κ3) is 3.71. The number of amides is 2. The molecule has 152 valence electrons. The van der Waals surface area contributed by atoms with E-state index in [-0.39, 0.29) is 17.7 Å². The molecule has 2 amide bonds. The van der Waals surface area contributed by atoms with Gasteiger partial charge in [0.1, 0.15) is 0 Å². The van der Waals surface area contributed by atoms with E-state index in [1.807, 2.05) is 49.4 Å². The molecule has 0 fully saturated rings. The van der Waals surface area contributed by atoms with Crippen molar-refractivity contribution in [3.63, 3.8) is 0 Å². The summed E-state index contributed by atoms with van der Waals surface area (Å²) in [6.45, 7) is 6.80. The number of nitrogens with one attached hydrogen (secondary N) is 1. The predicted molar refractivity (Wildman–Crippen MR) is 119 cm³/mol. The Morgan fingerprint density at radius 1 is 1.03 bits per heavy atom. The fourth-order valence-electron chi connectivity index (χ4n) is 3.91. The van der Waals surface area contributed by atoms with Gasteiger partial charge in [-0.1, -0.05) is 50.2 Å². The number of aryl methyl sites for hydroxylation is 1. The second-order valence-corrected chi connectivity index (χ2v) is 7.95. The van der Waals surface area contributed by atoms with Gasteiger partial charge >= 0.3 is 0 Å². The predicted octanol–water partition coefficient (Wildman–Crippen LogP) is 4.97. The van der Waals surface area contributed by atoms with Gasteiger partial charge in [0.25, 0.3) is 11.8 Å². The summed E-state index contributed by atoms with van der Waals surface area (Å²) in [5, 5.41) is 3.02. The Hall–Kier alpha value is -3.47. The fourth-order valence-corrected chi connectivity index (χ4v) is 3.91. The Balaban J connectivity index is 1.59. The molecule has 3 aromatic rings. The number of nitrogens with zero attached hydrogens (tertiary/aromatic N) is 2. The monoisotopic (exact) mass is 399 g/mol. The van der Waals surface area contributed by atoms with Gasteiger partial charge in [-0.15, -0.1) is 0 Å². The summed E-state index contributed by atoms with van der Waals surface area (Å²) in [6.07, 6.45) is 3.85. The Labute approximate surface area is 176 Å². The molecule has 0 spiro atoms. The zero-order chi connectivity index (χ0) is 21.3. The summed E-state index contributed by atoms with van der Waals surface area (Å²) in [6, 6.07) is 15.5. The first-order chi connectivity index (χ1) is 14.5. The van der Waals surface area contributed by atoms with Gasteiger partial charge in [0.2, 0.25) is 0 Å². The van der Waals surface area contributed by atoms with Gasteiger partial charge in [-0.25, -0.2) is 0 Å². The molecule has 1 aromatic heterocycles. The molecule has 1 aliphatic rings. The molecule has 1 N–H and O–H groups in total. The van der Waals surface area contributed by atoms with Crippen LogP contribution in [0.25, 0.3) is 0 Å². The van der Waals surface area contributed by atoms with Gasteiger partial charge < -0.3 is 10.2 Å². The third-order valence-corrected chi connectivity index (χ3v) is 5.55. The molecule has 30 heavy (non-hydrogen) atoms. The summed E-state index contributed by atoms with van der Waals surface area (Å²) in [5.74, 6) is -0.127. The number of hydrogen-bond acceptors (Lipinski definition) is 3. The lowest BCUT2D eigenvalue weighted by molar-refractivity contribution is 0.0989. The van der Waals surface area contributed by atoms with Crippen LogP contribution in [-0.4, -0.2) is 23.3 Å². The molecule has 0 radical (unpaired) electrons. The molecule has 5 heteroatoms. The fraction of sp³-hybridized carbons (Fsp3) is 0.240. The van der Waals surface area contributed by atoms with Crippen molar-refractivity contribution in [1.82, 2.24) is 4.98 Å². The van der Waals surface area contributed by atoms with Crippen molar-refractivity contribution in [3.05, 3.63) is 88.7 Å². The minimum atomic E-state index is -0.268. The number of rotatable bonds is 4. The number of hydrogen-bond donors (Lipinski definition) is 1. The molecule has 2 aromatic carbocycles. The van der Waals surface area contributed by atoms with Crippen LogP contribution in [0.5, 0.6) is 0 Å². The van der Waals surface area contributed by atoms with E-state index in [2.05, 4.69) is 24.1 Å². The van der Waals surface area contributed by atoms with Crippen LogP contribution in [0, 0.1) is 6.92 Å². The lowest BCUT2D eigenvalue weighted by Crippen LogP contribution is -2.29. The van der Waals surface area contributed by atoms with Gasteiger partial charge in [0.15, 0.2) is 0 Å². The average Bonchev–Trinajstić information content (AvgIpc) is 3.18. The highest BCUT2D eigenvalue weighted by Crippen LogP contribution is 2.30. The van der Waals surface area contributed by atoms with Gasteiger partial charge in [-0.05, 0) is 48.1 Å². The zero-order valence-corrected chi connectivity index (χ0v) is 17.5. The molecule has 5 nitrogen and oxygen atoms in total. The molecule has 2 heterocycles. The molecular weight excluding hydrogens is 374 g/mol. The van der Waals surface area contributed by atoms with E-state index in [1.54, 1.807) is 11.0 Å². The number of fused-ring (bicyclic) bond motifs is 1. The second kappa shape index (κ2) is 8.11. The van der Waals surface area contributed by atoms with E-state index in [9.17, 15) is 9.59 Å². The minimum absolute atomic E-state index is 0.138. The van der Waals surface area contributed by atoms with Gasteiger partial charge in [0.05, 0.1) is 11.1 Å². The van der Waals surface area contributed by atoms with E-state index in [4.69, 9.17) is 0 Å². The van der Waals surface area contributed by atoms with Crippen molar-refractivity contribution in [2.75, 3.05) is 16.8 Å². The first kappa shape index (κ1) is 19.8. The maximum absolute atomic E-state index is 13.1. The zero-order valence-electron chi connectivity index (χ0n) is 17.5. The van der Waals surface area contributed by atoms with Crippen molar-refractivity contribution < 1.29 is 9.59 Å². The molecule has 0 bridgehead atoms. The number of para-hydroxylation sites is 2. The van der Waals surface area contributed by atoms with E-state index in [0.29, 0.717) is 17.7 Å². The largest absolute Gasteiger partial charge is 0.321 e. The van der Waals surface area contributed by atoms with Crippen LogP contribution in [0.1, 0.15) is 57.2 Å². The standard InChI is InChI=1S/C25H25N3O2/c1-16(2)21-9-6-7-17(3)23(21)27-24(29)19-13-20(15-26-14-19)25(30)28-12-11-18-8-4-5-10-22(18)28/h4-10,13-16H,11-12H2,1-3H3,(H,27,29). The number of benzene rings is 2. The van der Waals surface area contributed by atoms with Crippen LogP contribution in [0.15, 0.2) is 60.9 Å². The van der Waals surface area contributed by atoms with Crippen LogP contribution in [0.2, 0.25) is 0 Å². The van der Waals surface area contributed by atoms with E-state index >= 15 is 0 Å². The van der Waals surface area contributed by atoms with Crippen LogP contribution in [0.4, 0.5) is 11.4 Å². The van der Waals surface area contributed by atoms with Crippen LogP contribution < -0.4 is 10.2 Å². The number of aromatic nitrogens is 1. The Morgan fingerprint density at radius 2 is 1.80 bits per heavy atom. The van der Waals surface area contributed by atoms with Crippen LogP contribution in [0.3, 0.4) is 0 Å². The highest BCUT2D eigenvalue weighted by Gasteiger charge is 2.26. The number of carbonyl (C=O) groups excluding carboxylic acids is 2. The number of anilines is 2. The molecule has 0 atom stereocenters. The van der Waals surface area contributed by atoms with Gasteiger partial charge in [-0.3, -0.25) is 14.6 Å². The van der Waals surface area contributed by atoms with Gasteiger partial charge in [0, 0.05) is 30.3 Å². The maximum Gasteiger partial charge on any atom is 0.259 e. The highest BCUT2D eigenvalue weighted by molar-refractivity contribution is 6.10. The quantitative estimate of drug-likeness (QED) is 0.674. The van der Waals surface area contributed by atoms with Crippen molar-refractivity contribution >= 4 is 23.2 Å². The van der Waals surface area contributed by atoms with Crippen molar-refractivity contribution in [2.45, 2.75) is 33.1 Å². The third-order valence-electron chi connectivity index (χ3n) is 5.55. The molecule has 4 rings (SSSR count). The molecule has 0 aliphatic carbocycles. The summed E-state index contributed by atoms with van der Waals surface area (Å²) >= 11 is 0. The Morgan fingerprint density at radius 3 is 2.60 bits per heavy atom. The molecule has 0 saturated carbocycles. The van der Waals surface area contributed by atoms with Crippen molar-refractivity contribution in [1.29, 1.82) is 0 Å². The first-order valence-electron chi connectivity index (χ1n) is 10.2. The minimum Gasteiger partial charge on any atom is -0.321 e. The molecule has 1 aliphatic heterocycles. The smallest absolute Gasteiger partial charge is 0.259 e. The molecule has 0 unspecified atom stereocenters. The second-order valence-electron chi connectivity index (χ2n) is 7.95. The summed E-state index contributed by atoms with van der Waals surface area (Å²) in [5.41, 5.74) is 5.77. The topological polar surface area (TPSA) is 62.3 Å². The number of pyridine rings is 1.